The average molecular weight is 269 g/mol. The molecule has 0 aromatic rings. The molecule has 0 bridgehead atoms. The van der Waals surface area contributed by atoms with Gasteiger partial charge in [-0.1, -0.05) is 20.3 Å². The van der Waals surface area contributed by atoms with Gasteiger partial charge >= 0.3 is 5.97 Å². The van der Waals surface area contributed by atoms with E-state index in [1.807, 2.05) is 6.92 Å². The van der Waals surface area contributed by atoms with Crippen molar-refractivity contribution < 1.29 is 9.53 Å². The largest absolute Gasteiger partial charge is 0.466 e. The number of ether oxygens (including phenoxy) is 1. The highest BCUT2D eigenvalue weighted by atomic mass is 16.5. The van der Waals surface area contributed by atoms with Crippen molar-refractivity contribution in [2.75, 3.05) is 13.2 Å². The van der Waals surface area contributed by atoms with Gasteiger partial charge in [0.1, 0.15) is 0 Å². The van der Waals surface area contributed by atoms with Crippen LogP contribution in [0.15, 0.2) is 0 Å². The van der Waals surface area contributed by atoms with E-state index in [1.165, 1.54) is 32.1 Å². The maximum Gasteiger partial charge on any atom is 0.305 e. The molecule has 1 fully saturated rings. The minimum absolute atomic E-state index is 0.0510. The molecule has 1 rings (SSSR count). The molecule has 1 aliphatic rings. The molecule has 0 unspecified atom stereocenters. The summed E-state index contributed by atoms with van der Waals surface area (Å²) < 4.78 is 4.91. The summed E-state index contributed by atoms with van der Waals surface area (Å²) in [6.07, 6.45) is 9.12. The Morgan fingerprint density at radius 3 is 2.53 bits per heavy atom. The molecule has 0 atom stereocenters. The maximum absolute atomic E-state index is 11.1. The van der Waals surface area contributed by atoms with Crippen molar-refractivity contribution in [1.29, 1.82) is 0 Å². The number of hydrogen-bond acceptors (Lipinski definition) is 3. The molecule has 0 saturated heterocycles. The maximum atomic E-state index is 11.1. The van der Waals surface area contributed by atoms with Crippen LogP contribution in [0.5, 0.6) is 0 Å². The zero-order chi connectivity index (χ0) is 14.1. The molecular formula is C16H31NO2. The molecule has 3 heteroatoms. The van der Waals surface area contributed by atoms with Crippen molar-refractivity contribution in [3.05, 3.63) is 0 Å². The number of esters is 1. The monoisotopic (exact) mass is 269 g/mol. The zero-order valence-electron chi connectivity index (χ0n) is 13.0. The standard InChI is InChI=1S/C16H31NO2/c1-4-19-15(18)8-6-5-7-13-17-14-9-11-16(2,3)12-10-14/h14,17H,4-13H2,1-3H3. The molecule has 0 aromatic carbocycles. The fourth-order valence-electron chi connectivity index (χ4n) is 2.71. The minimum atomic E-state index is -0.0510. The Labute approximate surface area is 118 Å². The van der Waals surface area contributed by atoms with Crippen LogP contribution in [0.4, 0.5) is 0 Å². The Morgan fingerprint density at radius 1 is 1.21 bits per heavy atom. The summed E-state index contributed by atoms with van der Waals surface area (Å²) >= 11 is 0. The summed E-state index contributed by atoms with van der Waals surface area (Å²) in [5, 5.41) is 3.66. The van der Waals surface area contributed by atoms with E-state index in [4.69, 9.17) is 4.74 Å². The third kappa shape index (κ3) is 7.56. The summed E-state index contributed by atoms with van der Waals surface area (Å²) in [5.41, 5.74) is 0.553. The van der Waals surface area contributed by atoms with E-state index >= 15 is 0 Å². The van der Waals surface area contributed by atoms with Gasteiger partial charge in [-0.25, -0.2) is 0 Å². The van der Waals surface area contributed by atoms with E-state index < -0.39 is 0 Å². The minimum Gasteiger partial charge on any atom is -0.466 e. The van der Waals surface area contributed by atoms with Crippen LogP contribution in [-0.2, 0) is 9.53 Å². The molecular weight excluding hydrogens is 238 g/mol. The van der Waals surface area contributed by atoms with Crippen LogP contribution in [0.3, 0.4) is 0 Å². The molecule has 0 spiro atoms. The van der Waals surface area contributed by atoms with E-state index in [9.17, 15) is 4.79 Å². The van der Waals surface area contributed by atoms with Gasteiger partial charge in [-0.15, -0.1) is 0 Å². The third-order valence-corrected chi connectivity index (χ3v) is 4.14. The molecule has 0 radical (unpaired) electrons. The lowest BCUT2D eigenvalue weighted by atomic mass is 9.75. The molecule has 112 valence electrons. The van der Waals surface area contributed by atoms with Crippen LogP contribution in [0.2, 0.25) is 0 Å². The first-order valence-corrected chi connectivity index (χ1v) is 7.92. The van der Waals surface area contributed by atoms with Crippen LogP contribution < -0.4 is 5.32 Å². The smallest absolute Gasteiger partial charge is 0.305 e. The highest BCUT2D eigenvalue weighted by Crippen LogP contribution is 2.34. The number of unbranched alkanes of at least 4 members (excludes halogenated alkanes) is 2. The second kappa shape index (κ2) is 8.57. The molecule has 1 N–H and O–H groups in total. The highest BCUT2D eigenvalue weighted by Gasteiger charge is 2.26. The Morgan fingerprint density at radius 2 is 1.89 bits per heavy atom. The van der Waals surface area contributed by atoms with Crippen molar-refractivity contribution in [3.63, 3.8) is 0 Å². The normalized spacial score (nSPS) is 19.3. The van der Waals surface area contributed by atoms with E-state index in [-0.39, 0.29) is 5.97 Å². The van der Waals surface area contributed by atoms with Gasteiger partial charge in [0.25, 0.3) is 0 Å². The molecule has 3 nitrogen and oxygen atoms in total. The van der Waals surface area contributed by atoms with Crippen LogP contribution >= 0.6 is 0 Å². The van der Waals surface area contributed by atoms with Crippen LogP contribution in [0, 0.1) is 5.41 Å². The average Bonchev–Trinajstić information content (AvgIpc) is 2.35. The lowest BCUT2D eigenvalue weighted by molar-refractivity contribution is -0.143. The summed E-state index contributed by atoms with van der Waals surface area (Å²) in [4.78, 5) is 11.1. The number of carbonyl (C=O) groups excluding carboxylic acids is 1. The van der Waals surface area contributed by atoms with Gasteiger partial charge in [0, 0.05) is 12.5 Å². The first kappa shape index (κ1) is 16.5. The Balaban J connectivity index is 1.93. The molecule has 0 amide bonds. The molecule has 1 aliphatic carbocycles. The van der Waals surface area contributed by atoms with Crippen molar-refractivity contribution in [2.45, 2.75) is 78.2 Å². The lowest BCUT2D eigenvalue weighted by Gasteiger charge is -2.34. The lowest BCUT2D eigenvalue weighted by Crippen LogP contribution is -2.36. The van der Waals surface area contributed by atoms with Gasteiger partial charge in [0.15, 0.2) is 0 Å². The van der Waals surface area contributed by atoms with Crippen molar-refractivity contribution in [1.82, 2.24) is 5.32 Å². The summed E-state index contributed by atoms with van der Waals surface area (Å²) in [5.74, 6) is -0.0510. The van der Waals surface area contributed by atoms with Crippen molar-refractivity contribution in [2.24, 2.45) is 5.41 Å². The second-order valence-electron chi connectivity index (χ2n) is 6.51. The van der Waals surface area contributed by atoms with E-state index in [0.717, 1.165) is 25.4 Å². The van der Waals surface area contributed by atoms with E-state index in [2.05, 4.69) is 19.2 Å². The van der Waals surface area contributed by atoms with E-state index in [0.29, 0.717) is 18.4 Å². The predicted octanol–water partition coefficient (Wildman–Crippen LogP) is 3.67. The highest BCUT2D eigenvalue weighted by molar-refractivity contribution is 5.69. The summed E-state index contributed by atoms with van der Waals surface area (Å²) in [6.45, 7) is 8.19. The SMILES string of the molecule is CCOC(=O)CCCCCNC1CCC(C)(C)CC1. The van der Waals surface area contributed by atoms with Gasteiger partial charge in [-0.2, -0.15) is 0 Å². The molecule has 1 saturated carbocycles. The summed E-state index contributed by atoms with van der Waals surface area (Å²) in [6, 6.07) is 0.720. The topological polar surface area (TPSA) is 38.3 Å². The number of nitrogens with one attached hydrogen (secondary N) is 1. The van der Waals surface area contributed by atoms with E-state index in [1.54, 1.807) is 0 Å². The number of rotatable bonds is 8. The van der Waals surface area contributed by atoms with Gasteiger partial charge in [0.2, 0.25) is 0 Å². The second-order valence-corrected chi connectivity index (χ2v) is 6.51. The Bertz CT molecular complexity index is 253. The quantitative estimate of drug-likeness (QED) is 0.540. The van der Waals surface area contributed by atoms with Gasteiger partial charge in [-0.05, 0) is 57.4 Å². The third-order valence-electron chi connectivity index (χ3n) is 4.14. The fourth-order valence-corrected chi connectivity index (χ4v) is 2.71. The van der Waals surface area contributed by atoms with Gasteiger partial charge < -0.3 is 10.1 Å². The number of carbonyl (C=O) groups is 1. The van der Waals surface area contributed by atoms with Crippen molar-refractivity contribution >= 4 is 5.97 Å². The molecule has 0 aromatic heterocycles. The van der Waals surface area contributed by atoms with Gasteiger partial charge in [0.05, 0.1) is 6.61 Å². The number of hydrogen-bond donors (Lipinski definition) is 1. The summed E-state index contributed by atoms with van der Waals surface area (Å²) in [7, 11) is 0. The van der Waals surface area contributed by atoms with Crippen LogP contribution in [0.1, 0.15) is 72.1 Å². The van der Waals surface area contributed by atoms with Crippen molar-refractivity contribution in [3.8, 4) is 0 Å². The molecule has 0 aliphatic heterocycles. The van der Waals surface area contributed by atoms with Crippen LogP contribution in [0.25, 0.3) is 0 Å². The molecule has 0 heterocycles. The Hall–Kier alpha value is -0.570. The predicted molar refractivity (Wildman–Crippen MR) is 79.1 cm³/mol. The first-order valence-electron chi connectivity index (χ1n) is 7.92. The zero-order valence-corrected chi connectivity index (χ0v) is 13.0. The van der Waals surface area contributed by atoms with Gasteiger partial charge in [-0.3, -0.25) is 4.79 Å². The fraction of sp³-hybridized carbons (Fsp3) is 0.938. The Kier molecular flexibility index (Phi) is 7.44. The van der Waals surface area contributed by atoms with Crippen LogP contribution in [-0.4, -0.2) is 25.2 Å². The molecule has 19 heavy (non-hydrogen) atoms. The first-order chi connectivity index (χ1) is 9.03.